The average molecular weight is 142 g/mol. The normalized spacial score (nSPS) is 23.4. The molecule has 60 valence electrons. The number of hydrogen-bond donors (Lipinski definition) is 1. The Balaban J connectivity index is 2.18. The van der Waals surface area contributed by atoms with Gasteiger partial charge in [-0.15, -0.1) is 0 Å². The van der Waals surface area contributed by atoms with Gasteiger partial charge in [0.15, 0.2) is 0 Å². The van der Waals surface area contributed by atoms with Crippen LogP contribution in [0.2, 0.25) is 0 Å². The fraction of sp³-hybridized carbons (Fsp3) is 1.00. The van der Waals surface area contributed by atoms with Crippen LogP contribution < -0.4 is 0 Å². The molecule has 1 aliphatic rings. The van der Waals surface area contributed by atoms with Gasteiger partial charge in [0, 0.05) is 6.61 Å². The molecule has 0 aliphatic heterocycles. The van der Waals surface area contributed by atoms with Crippen LogP contribution in [0.15, 0.2) is 0 Å². The fourth-order valence-corrected chi connectivity index (χ4v) is 1.97. The minimum absolute atomic E-state index is 0.373. The third kappa shape index (κ3) is 1.98. The Morgan fingerprint density at radius 2 is 2.00 bits per heavy atom. The first-order valence-electron chi connectivity index (χ1n) is 4.45. The van der Waals surface area contributed by atoms with E-state index in [-0.39, 0.29) is 0 Å². The molecule has 1 aliphatic carbocycles. The Morgan fingerprint density at radius 1 is 1.40 bits per heavy atom. The van der Waals surface area contributed by atoms with Crippen molar-refractivity contribution in [2.24, 2.45) is 11.8 Å². The van der Waals surface area contributed by atoms with Gasteiger partial charge in [0.1, 0.15) is 0 Å². The Bertz CT molecular complexity index is 84.7. The Labute approximate surface area is 63.4 Å². The monoisotopic (exact) mass is 142 g/mol. The summed E-state index contributed by atoms with van der Waals surface area (Å²) in [6.07, 6.45) is 6.65. The van der Waals surface area contributed by atoms with Crippen LogP contribution in [0.25, 0.3) is 0 Å². The molecule has 1 heteroatoms. The molecule has 0 heterocycles. The summed E-state index contributed by atoms with van der Waals surface area (Å²) < 4.78 is 0. The number of hydrogen-bond acceptors (Lipinski definition) is 1. The van der Waals surface area contributed by atoms with E-state index in [9.17, 15) is 0 Å². The average Bonchev–Trinajstić information content (AvgIpc) is 2.38. The highest BCUT2D eigenvalue weighted by molar-refractivity contribution is 4.72. The van der Waals surface area contributed by atoms with E-state index in [1.807, 2.05) is 0 Å². The van der Waals surface area contributed by atoms with Crippen molar-refractivity contribution in [2.75, 3.05) is 6.61 Å². The molecule has 1 rings (SSSR count). The third-order valence-electron chi connectivity index (χ3n) is 2.79. The molecule has 0 saturated heterocycles. The molecule has 10 heavy (non-hydrogen) atoms. The second-order valence-electron chi connectivity index (χ2n) is 3.53. The van der Waals surface area contributed by atoms with Gasteiger partial charge < -0.3 is 5.11 Å². The molecule has 0 aromatic carbocycles. The van der Waals surface area contributed by atoms with E-state index in [1.165, 1.54) is 25.7 Å². The van der Waals surface area contributed by atoms with Gasteiger partial charge in [-0.2, -0.15) is 0 Å². The highest BCUT2D eigenvalue weighted by Crippen LogP contribution is 2.32. The van der Waals surface area contributed by atoms with Crippen LogP contribution in [0.1, 0.15) is 39.0 Å². The number of rotatable bonds is 3. The second-order valence-corrected chi connectivity index (χ2v) is 3.53. The summed E-state index contributed by atoms with van der Waals surface area (Å²) in [4.78, 5) is 0. The van der Waals surface area contributed by atoms with Gasteiger partial charge in [0.2, 0.25) is 0 Å². The summed E-state index contributed by atoms with van der Waals surface area (Å²) >= 11 is 0. The van der Waals surface area contributed by atoms with Crippen LogP contribution in [-0.4, -0.2) is 11.7 Å². The van der Waals surface area contributed by atoms with E-state index in [2.05, 4.69) is 6.92 Å². The highest BCUT2D eigenvalue weighted by Gasteiger charge is 2.20. The van der Waals surface area contributed by atoms with E-state index >= 15 is 0 Å². The van der Waals surface area contributed by atoms with Crippen LogP contribution in [0.4, 0.5) is 0 Å². The summed E-state index contributed by atoms with van der Waals surface area (Å²) in [6, 6.07) is 0. The van der Waals surface area contributed by atoms with E-state index < -0.39 is 0 Å². The lowest BCUT2D eigenvalue weighted by Crippen LogP contribution is -2.08. The van der Waals surface area contributed by atoms with Gasteiger partial charge in [0.25, 0.3) is 0 Å². The molecule has 0 unspecified atom stereocenters. The van der Waals surface area contributed by atoms with E-state index in [0.29, 0.717) is 6.61 Å². The molecule has 0 spiro atoms. The van der Waals surface area contributed by atoms with Gasteiger partial charge in [-0.05, 0) is 18.3 Å². The standard InChI is InChI=1S/C9H18O/c1-8(6-7-10)9-4-2-3-5-9/h8-10H,2-7H2,1H3/t8-/m0/s1. The predicted octanol–water partition coefficient (Wildman–Crippen LogP) is 2.20. The van der Waals surface area contributed by atoms with E-state index in [1.54, 1.807) is 0 Å². The quantitative estimate of drug-likeness (QED) is 0.640. The maximum atomic E-state index is 8.70. The van der Waals surface area contributed by atoms with Crippen molar-refractivity contribution < 1.29 is 5.11 Å². The van der Waals surface area contributed by atoms with Crippen molar-refractivity contribution in [3.63, 3.8) is 0 Å². The zero-order valence-electron chi connectivity index (χ0n) is 6.84. The highest BCUT2D eigenvalue weighted by atomic mass is 16.3. The first-order valence-corrected chi connectivity index (χ1v) is 4.45. The molecule has 0 amide bonds. The summed E-state index contributed by atoms with van der Waals surface area (Å²) in [5.74, 6) is 1.68. The van der Waals surface area contributed by atoms with Gasteiger partial charge in [0.05, 0.1) is 0 Å². The maximum Gasteiger partial charge on any atom is 0.0433 e. The van der Waals surface area contributed by atoms with Crippen LogP contribution >= 0.6 is 0 Å². The number of aliphatic hydroxyl groups is 1. The van der Waals surface area contributed by atoms with Crippen LogP contribution in [-0.2, 0) is 0 Å². The van der Waals surface area contributed by atoms with Crippen molar-refractivity contribution in [3.05, 3.63) is 0 Å². The lowest BCUT2D eigenvalue weighted by Gasteiger charge is -2.16. The first-order chi connectivity index (χ1) is 4.84. The maximum absolute atomic E-state index is 8.70. The minimum Gasteiger partial charge on any atom is -0.396 e. The zero-order chi connectivity index (χ0) is 7.40. The molecule has 1 atom stereocenters. The molecule has 0 radical (unpaired) electrons. The third-order valence-corrected chi connectivity index (χ3v) is 2.79. The first kappa shape index (κ1) is 8.06. The molecule has 1 saturated carbocycles. The summed E-state index contributed by atoms with van der Waals surface area (Å²) in [5.41, 5.74) is 0. The lowest BCUT2D eigenvalue weighted by atomic mass is 9.90. The smallest absolute Gasteiger partial charge is 0.0433 e. The van der Waals surface area contributed by atoms with Gasteiger partial charge in [-0.25, -0.2) is 0 Å². The van der Waals surface area contributed by atoms with Gasteiger partial charge >= 0.3 is 0 Å². The zero-order valence-corrected chi connectivity index (χ0v) is 6.84. The summed E-state index contributed by atoms with van der Waals surface area (Å²) in [6.45, 7) is 2.64. The molecular formula is C9H18O. The predicted molar refractivity (Wildman–Crippen MR) is 42.8 cm³/mol. The molecule has 1 N–H and O–H groups in total. The molecule has 1 fully saturated rings. The molecule has 0 aromatic heterocycles. The fourth-order valence-electron chi connectivity index (χ4n) is 1.97. The lowest BCUT2D eigenvalue weighted by molar-refractivity contribution is 0.230. The van der Waals surface area contributed by atoms with Crippen LogP contribution in [0.5, 0.6) is 0 Å². The van der Waals surface area contributed by atoms with Gasteiger partial charge in [-0.1, -0.05) is 32.6 Å². The van der Waals surface area contributed by atoms with Gasteiger partial charge in [-0.3, -0.25) is 0 Å². The molecule has 0 bridgehead atoms. The number of aliphatic hydroxyl groups excluding tert-OH is 1. The van der Waals surface area contributed by atoms with E-state index in [0.717, 1.165) is 18.3 Å². The van der Waals surface area contributed by atoms with Crippen molar-refractivity contribution in [3.8, 4) is 0 Å². The second kappa shape index (κ2) is 3.97. The van der Waals surface area contributed by atoms with E-state index in [4.69, 9.17) is 5.11 Å². The van der Waals surface area contributed by atoms with Crippen molar-refractivity contribution in [1.29, 1.82) is 0 Å². The molecular weight excluding hydrogens is 124 g/mol. The topological polar surface area (TPSA) is 20.2 Å². The van der Waals surface area contributed by atoms with Crippen LogP contribution in [0.3, 0.4) is 0 Å². The summed E-state index contributed by atoms with van der Waals surface area (Å²) in [7, 11) is 0. The Hall–Kier alpha value is -0.0400. The van der Waals surface area contributed by atoms with Crippen LogP contribution in [0, 0.1) is 11.8 Å². The van der Waals surface area contributed by atoms with Crippen molar-refractivity contribution >= 4 is 0 Å². The SMILES string of the molecule is C[C@@H](CCO)C1CCCC1. The van der Waals surface area contributed by atoms with Crippen molar-refractivity contribution in [1.82, 2.24) is 0 Å². The minimum atomic E-state index is 0.373. The molecule has 0 aromatic rings. The van der Waals surface area contributed by atoms with Crippen molar-refractivity contribution in [2.45, 2.75) is 39.0 Å². The summed E-state index contributed by atoms with van der Waals surface area (Å²) in [5, 5.41) is 8.70. The molecule has 1 nitrogen and oxygen atoms in total. The largest absolute Gasteiger partial charge is 0.396 e. The Morgan fingerprint density at radius 3 is 2.50 bits per heavy atom. The Kier molecular flexibility index (Phi) is 3.20.